The van der Waals surface area contributed by atoms with E-state index in [9.17, 15) is 0 Å². The quantitative estimate of drug-likeness (QED) is 0.515. The van der Waals surface area contributed by atoms with Gasteiger partial charge in [0, 0.05) is 12.6 Å². The van der Waals surface area contributed by atoms with E-state index in [4.69, 9.17) is 0 Å². The Labute approximate surface area is 69.8 Å². The van der Waals surface area contributed by atoms with Crippen molar-refractivity contribution in [1.29, 1.82) is 0 Å². The Balaban J connectivity index is 2.21. The van der Waals surface area contributed by atoms with Gasteiger partial charge in [-0.05, 0) is 38.1 Å². The second-order valence-corrected chi connectivity index (χ2v) is 4.81. The fraction of sp³-hybridized carbons (Fsp3) is 1.00. The molecule has 1 heteroatoms. The molecule has 0 amide bonds. The van der Waals surface area contributed by atoms with Crippen LogP contribution in [0.5, 0.6) is 0 Å². The van der Waals surface area contributed by atoms with Crippen LogP contribution in [0.2, 0.25) is 0 Å². The Morgan fingerprint density at radius 2 is 2.18 bits per heavy atom. The minimum Gasteiger partial charge on any atom is -0.303 e. The predicted molar refractivity (Wildman–Crippen MR) is 47.5 cm³/mol. The standard InChI is InChI=1S/C10H19N/c1-8-9-5-4-6-10(9,2)7-11(8)3/h8-9H,4-7H2,1-3H3. The van der Waals surface area contributed by atoms with E-state index in [0.29, 0.717) is 5.41 Å². The van der Waals surface area contributed by atoms with E-state index in [1.54, 1.807) is 0 Å². The van der Waals surface area contributed by atoms with Crippen LogP contribution in [0.25, 0.3) is 0 Å². The first-order valence-corrected chi connectivity index (χ1v) is 4.84. The molecule has 1 saturated heterocycles. The molecule has 0 aromatic rings. The molecule has 2 aliphatic rings. The summed E-state index contributed by atoms with van der Waals surface area (Å²) in [5.74, 6) is 0.993. The highest BCUT2D eigenvalue weighted by molar-refractivity contribution is 5.00. The van der Waals surface area contributed by atoms with Crippen molar-refractivity contribution in [2.24, 2.45) is 11.3 Å². The number of hydrogen-bond donors (Lipinski definition) is 0. The molecule has 2 fully saturated rings. The molecule has 64 valence electrons. The molecule has 1 aliphatic heterocycles. The summed E-state index contributed by atoms with van der Waals surface area (Å²) in [6.07, 6.45) is 4.41. The molecule has 0 radical (unpaired) electrons. The molecule has 2 rings (SSSR count). The average molecular weight is 153 g/mol. The lowest BCUT2D eigenvalue weighted by Gasteiger charge is -2.23. The second-order valence-electron chi connectivity index (χ2n) is 4.81. The molecule has 0 aromatic heterocycles. The minimum atomic E-state index is 0.675. The van der Waals surface area contributed by atoms with Gasteiger partial charge in [0.2, 0.25) is 0 Å². The lowest BCUT2D eigenvalue weighted by molar-refractivity contribution is 0.286. The molecule has 0 spiro atoms. The van der Waals surface area contributed by atoms with E-state index < -0.39 is 0 Å². The summed E-state index contributed by atoms with van der Waals surface area (Å²) in [6.45, 7) is 6.20. The van der Waals surface area contributed by atoms with Gasteiger partial charge in [-0.15, -0.1) is 0 Å². The molecule has 11 heavy (non-hydrogen) atoms. The van der Waals surface area contributed by atoms with E-state index >= 15 is 0 Å². The first-order chi connectivity index (χ1) is 5.13. The number of fused-ring (bicyclic) bond motifs is 1. The Bertz CT molecular complexity index is 166. The molecular weight excluding hydrogens is 134 g/mol. The largest absolute Gasteiger partial charge is 0.303 e. The van der Waals surface area contributed by atoms with Crippen molar-refractivity contribution in [2.75, 3.05) is 13.6 Å². The number of hydrogen-bond acceptors (Lipinski definition) is 1. The van der Waals surface area contributed by atoms with Gasteiger partial charge in [0.25, 0.3) is 0 Å². The van der Waals surface area contributed by atoms with Gasteiger partial charge in [-0.1, -0.05) is 13.3 Å². The van der Waals surface area contributed by atoms with E-state index in [0.717, 1.165) is 12.0 Å². The molecule has 1 saturated carbocycles. The highest BCUT2D eigenvalue weighted by Gasteiger charge is 2.48. The van der Waals surface area contributed by atoms with Crippen LogP contribution < -0.4 is 0 Å². The fourth-order valence-electron chi connectivity index (χ4n) is 3.30. The average Bonchev–Trinajstić information content (AvgIpc) is 2.36. The maximum Gasteiger partial charge on any atom is 0.00980 e. The maximum absolute atomic E-state index is 2.53. The molecule has 1 nitrogen and oxygen atoms in total. The topological polar surface area (TPSA) is 3.24 Å². The van der Waals surface area contributed by atoms with Crippen LogP contribution in [0, 0.1) is 11.3 Å². The Kier molecular flexibility index (Phi) is 1.54. The van der Waals surface area contributed by atoms with E-state index in [1.165, 1.54) is 25.8 Å². The van der Waals surface area contributed by atoms with E-state index in [1.807, 2.05) is 0 Å². The van der Waals surface area contributed by atoms with E-state index in [-0.39, 0.29) is 0 Å². The third-order valence-corrected chi connectivity index (χ3v) is 4.05. The molecule has 3 atom stereocenters. The minimum absolute atomic E-state index is 0.675. The van der Waals surface area contributed by atoms with Crippen molar-refractivity contribution in [3.05, 3.63) is 0 Å². The monoisotopic (exact) mass is 153 g/mol. The van der Waals surface area contributed by atoms with Crippen LogP contribution in [0.4, 0.5) is 0 Å². The summed E-state index contributed by atoms with van der Waals surface area (Å²) in [6, 6.07) is 0.836. The van der Waals surface area contributed by atoms with Crippen LogP contribution in [-0.4, -0.2) is 24.5 Å². The highest BCUT2D eigenvalue weighted by atomic mass is 15.2. The first-order valence-electron chi connectivity index (χ1n) is 4.84. The molecule has 1 aliphatic carbocycles. The fourth-order valence-corrected chi connectivity index (χ4v) is 3.30. The normalized spacial score (nSPS) is 51.5. The summed E-state index contributed by atoms with van der Waals surface area (Å²) < 4.78 is 0. The Morgan fingerprint density at radius 1 is 1.45 bits per heavy atom. The van der Waals surface area contributed by atoms with Gasteiger partial charge < -0.3 is 4.90 Å². The zero-order valence-corrected chi connectivity index (χ0v) is 7.93. The summed E-state index contributed by atoms with van der Waals surface area (Å²) in [5.41, 5.74) is 0.675. The summed E-state index contributed by atoms with van der Waals surface area (Å²) in [4.78, 5) is 2.53. The number of nitrogens with zero attached hydrogens (tertiary/aromatic N) is 1. The zero-order chi connectivity index (χ0) is 8.06. The van der Waals surface area contributed by atoms with Crippen LogP contribution in [0.3, 0.4) is 0 Å². The Hall–Kier alpha value is -0.0400. The third-order valence-electron chi connectivity index (χ3n) is 4.05. The smallest absolute Gasteiger partial charge is 0.00980 e. The van der Waals surface area contributed by atoms with Crippen molar-refractivity contribution in [1.82, 2.24) is 4.90 Å². The van der Waals surface area contributed by atoms with Gasteiger partial charge in [-0.25, -0.2) is 0 Å². The number of likely N-dealkylation sites (tertiary alicyclic amines) is 1. The predicted octanol–water partition coefficient (Wildman–Crippen LogP) is 2.13. The highest BCUT2D eigenvalue weighted by Crippen LogP contribution is 2.50. The van der Waals surface area contributed by atoms with Gasteiger partial charge in [0.05, 0.1) is 0 Å². The van der Waals surface area contributed by atoms with E-state index in [2.05, 4.69) is 25.8 Å². The van der Waals surface area contributed by atoms with Crippen molar-refractivity contribution in [2.45, 2.75) is 39.2 Å². The van der Waals surface area contributed by atoms with Gasteiger partial charge >= 0.3 is 0 Å². The van der Waals surface area contributed by atoms with Crippen LogP contribution in [0.1, 0.15) is 33.1 Å². The van der Waals surface area contributed by atoms with Gasteiger partial charge in [0.1, 0.15) is 0 Å². The molecule has 0 aromatic carbocycles. The van der Waals surface area contributed by atoms with Gasteiger partial charge in [-0.2, -0.15) is 0 Å². The van der Waals surface area contributed by atoms with Crippen LogP contribution in [0.15, 0.2) is 0 Å². The van der Waals surface area contributed by atoms with Crippen molar-refractivity contribution in [3.8, 4) is 0 Å². The molecule has 0 N–H and O–H groups in total. The van der Waals surface area contributed by atoms with Crippen molar-refractivity contribution < 1.29 is 0 Å². The molecule has 3 unspecified atom stereocenters. The maximum atomic E-state index is 2.53. The third kappa shape index (κ3) is 0.936. The van der Waals surface area contributed by atoms with Crippen LogP contribution >= 0.6 is 0 Å². The SMILES string of the molecule is CC1C2CCCC2(C)CN1C. The summed E-state index contributed by atoms with van der Waals surface area (Å²) in [7, 11) is 2.27. The van der Waals surface area contributed by atoms with Gasteiger partial charge in [-0.3, -0.25) is 0 Å². The number of rotatable bonds is 0. The first kappa shape index (κ1) is 7.60. The Morgan fingerprint density at radius 3 is 2.82 bits per heavy atom. The van der Waals surface area contributed by atoms with Crippen LogP contribution in [-0.2, 0) is 0 Å². The zero-order valence-electron chi connectivity index (χ0n) is 7.93. The lowest BCUT2D eigenvalue weighted by atomic mass is 9.80. The van der Waals surface area contributed by atoms with Crippen molar-refractivity contribution >= 4 is 0 Å². The lowest BCUT2D eigenvalue weighted by Crippen LogP contribution is -2.25. The molecule has 0 bridgehead atoms. The summed E-state index contributed by atoms with van der Waals surface area (Å²) >= 11 is 0. The van der Waals surface area contributed by atoms with Crippen molar-refractivity contribution in [3.63, 3.8) is 0 Å². The molecular formula is C10H19N. The van der Waals surface area contributed by atoms with Gasteiger partial charge in [0.15, 0.2) is 0 Å². The second kappa shape index (κ2) is 2.22. The molecule has 1 heterocycles. The summed E-state index contributed by atoms with van der Waals surface area (Å²) in [5, 5.41) is 0.